The first kappa shape index (κ1) is 21.1. The van der Waals surface area contributed by atoms with Crippen LogP contribution in [0.3, 0.4) is 0 Å². The molecule has 0 saturated carbocycles. The Balaban J connectivity index is 1.46. The van der Waals surface area contributed by atoms with Crippen molar-refractivity contribution in [2.24, 2.45) is 5.84 Å². The largest absolute Gasteiger partial charge is 0.489 e. The van der Waals surface area contributed by atoms with E-state index in [0.717, 1.165) is 5.56 Å². The van der Waals surface area contributed by atoms with E-state index in [1.807, 2.05) is 35.8 Å². The minimum atomic E-state index is -0.957. The number of anilines is 1. The summed E-state index contributed by atoms with van der Waals surface area (Å²) in [6, 6.07) is 14.8. The van der Waals surface area contributed by atoms with Crippen LogP contribution < -0.4 is 26.2 Å². The van der Waals surface area contributed by atoms with Gasteiger partial charge in [0.05, 0.1) is 5.69 Å². The smallest absolute Gasteiger partial charge is 0.274 e. The predicted molar refractivity (Wildman–Crippen MR) is 114 cm³/mol. The van der Waals surface area contributed by atoms with Gasteiger partial charge in [-0.1, -0.05) is 35.5 Å². The molecule has 3 aromatic rings. The summed E-state index contributed by atoms with van der Waals surface area (Å²) in [4.78, 5) is 38.7. The van der Waals surface area contributed by atoms with E-state index in [4.69, 9.17) is 15.1 Å². The summed E-state index contributed by atoms with van der Waals surface area (Å²) in [6.45, 7) is -0.0843. The number of nitrogens with one attached hydrogen (secondary N) is 2. The van der Waals surface area contributed by atoms with E-state index in [1.165, 1.54) is 24.1 Å². The number of hydrogen-bond acceptors (Lipinski definition) is 7. The van der Waals surface area contributed by atoms with Crippen LogP contribution in [0.15, 0.2) is 59.1 Å². The van der Waals surface area contributed by atoms with Gasteiger partial charge in [-0.2, -0.15) is 0 Å². The number of nitrogens with two attached hydrogens (primary N) is 1. The Bertz CT molecular complexity index is 1160. The van der Waals surface area contributed by atoms with E-state index in [9.17, 15) is 14.4 Å². The highest BCUT2D eigenvalue weighted by Gasteiger charge is 2.32. The normalized spacial score (nSPS) is 15.4. The molecule has 0 fully saturated rings. The van der Waals surface area contributed by atoms with E-state index >= 15 is 0 Å². The van der Waals surface area contributed by atoms with E-state index < -0.39 is 23.8 Å². The molecule has 10 nitrogen and oxygen atoms in total. The molecule has 0 spiro atoms. The highest BCUT2D eigenvalue weighted by molar-refractivity contribution is 6.04. The van der Waals surface area contributed by atoms with Crippen LogP contribution in [-0.4, -0.2) is 42.6 Å². The molecule has 1 unspecified atom stereocenters. The summed E-state index contributed by atoms with van der Waals surface area (Å²) in [5, 5.41) is 6.46. The summed E-state index contributed by atoms with van der Waals surface area (Å²) in [5.41, 5.74) is 3.78. The molecule has 0 saturated heterocycles. The van der Waals surface area contributed by atoms with Gasteiger partial charge in [-0.3, -0.25) is 19.8 Å². The van der Waals surface area contributed by atoms with Crippen LogP contribution in [0.25, 0.3) is 0 Å². The van der Waals surface area contributed by atoms with E-state index in [-0.39, 0.29) is 17.9 Å². The van der Waals surface area contributed by atoms with Gasteiger partial charge in [0.1, 0.15) is 24.2 Å². The summed E-state index contributed by atoms with van der Waals surface area (Å²) >= 11 is 0. The fourth-order valence-corrected chi connectivity index (χ4v) is 3.36. The molecule has 3 amide bonds. The molecule has 1 aliphatic heterocycles. The molecule has 164 valence electrons. The lowest BCUT2D eigenvalue weighted by Crippen LogP contribution is -2.49. The van der Waals surface area contributed by atoms with E-state index in [1.54, 1.807) is 12.1 Å². The molecule has 1 aromatic heterocycles. The zero-order valence-electron chi connectivity index (χ0n) is 17.2. The van der Waals surface area contributed by atoms with Crippen LogP contribution in [-0.2, 0) is 11.2 Å². The standard InChI is InChI=1S/C22H21N5O5/c1-27-18-10-14(20(28)25-23)7-8-19(18)31-12-17(22(27)30)24-21(29)16-11-15(32-26-16)9-13-5-3-2-4-6-13/h2-8,10-11,17H,9,12,23H2,1H3,(H,24,29)(H,25,28). The van der Waals surface area contributed by atoms with Gasteiger partial charge < -0.3 is 19.5 Å². The highest BCUT2D eigenvalue weighted by atomic mass is 16.5. The first-order valence-electron chi connectivity index (χ1n) is 9.82. The number of likely N-dealkylation sites (N-methyl/N-ethyl adjacent to an activating group) is 1. The van der Waals surface area contributed by atoms with Gasteiger partial charge in [0, 0.05) is 25.1 Å². The van der Waals surface area contributed by atoms with Gasteiger partial charge in [-0.25, -0.2) is 5.84 Å². The number of carbonyl (C=O) groups is 3. The Morgan fingerprint density at radius 3 is 2.69 bits per heavy atom. The number of rotatable bonds is 5. The van der Waals surface area contributed by atoms with Crippen LogP contribution in [0.5, 0.6) is 5.75 Å². The molecule has 2 heterocycles. The van der Waals surface area contributed by atoms with Crippen molar-refractivity contribution >= 4 is 23.4 Å². The van der Waals surface area contributed by atoms with Crippen molar-refractivity contribution in [1.29, 1.82) is 0 Å². The topological polar surface area (TPSA) is 140 Å². The van der Waals surface area contributed by atoms with Crippen molar-refractivity contribution in [3.8, 4) is 5.75 Å². The fraction of sp³-hybridized carbons (Fsp3) is 0.182. The van der Waals surface area contributed by atoms with Crippen LogP contribution in [0, 0.1) is 0 Å². The number of hydrogen-bond donors (Lipinski definition) is 3. The van der Waals surface area contributed by atoms with Gasteiger partial charge in [0.2, 0.25) is 0 Å². The van der Waals surface area contributed by atoms with Crippen molar-refractivity contribution in [1.82, 2.24) is 15.9 Å². The summed E-state index contributed by atoms with van der Waals surface area (Å²) < 4.78 is 11.0. The number of benzene rings is 2. The quantitative estimate of drug-likeness (QED) is 0.309. The zero-order valence-corrected chi connectivity index (χ0v) is 17.2. The van der Waals surface area contributed by atoms with Gasteiger partial charge in [0.25, 0.3) is 17.7 Å². The third kappa shape index (κ3) is 4.30. The van der Waals surface area contributed by atoms with Crippen molar-refractivity contribution < 1.29 is 23.6 Å². The number of ether oxygens (including phenoxy) is 1. The Morgan fingerprint density at radius 1 is 1.16 bits per heavy atom. The lowest BCUT2D eigenvalue weighted by Gasteiger charge is -2.20. The van der Waals surface area contributed by atoms with Gasteiger partial charge >= 0.3 is 0 Å². The average Bonchev–Trinajstić information content (AvgIpc) is 3.25. The molecule has 4 N–H and O–H groups in total. The first-order chi connectivity index (χ1) is 15.5. The number of carbonyl (C=O) groups excluding carboxylic acids is 3. The van der Waals surface area contributed by atoms with Crippen molar-refractivity contribution in [3.05, 3.63) is 77.2 Å². The van der Waals surface area contributed by atoms with Gasteiger partial charge in [0.15, 0.2) is 5.69 Å². The number of nitrogens with zero attached hydrogens (tertiary/aromatic N) is 2. The average molecular weight is 435 g/mol. The first-order valence-corrected chi connectivity index (χ1v) is 9.82. The molecule has 32 heavy (non-hydrogen) atoms. The number of nitrogen functional groups attached to an aromatic ring is 1. The second-order valence-electron chi connectivity index (χ2n) is 7.23. The summed E-state index contributed by atoms with van der Waals surface area (Å²) in [5.74, 6) is 4.64. The van der Waals surface area contributed by atoms with Crippen LogP contribution in [0.4, 0.5) is 5.69 Å². The van der Waals surface area contributed by atoms with Gasteiger partial charge in [-0.05, 0) is 23.8 Å². The Kier molecular flexibility index (Phi) is 5.86. The predicted octanol–water partition coefficient (Wildman–Crippen LogP) is 1.02. The third-order valence-corrected chi connectivity index (χ3v) is 5.07. The number of fused-ring (bicyclic) bond motifs is 1. The summed E-state index contributed by atoms with van der Waals surface area (Å²) in [7, 11) is 1.53. The third-order valence-electron chi connectivity index (χ3n) is 5.07. The number of hydrazine groups is 1. The highest BCUT2D eigenvalue weighted by Crippen LogP contribution is 2.31. The fourth-order valence-electron chi connectivity index (χ4n) is 3.36. The molecule has 1 aliphatic rings. The lowest BCUT2D eigenvalue weighted by molar-refractivity contribution is -0.120. The lowest BCUT2D eigenvalue weighted by atomic mass is 10.1. The maximum atomic E-state index is 12.9. The zero-order chi connectivity index (χ0) is 22.7. The van der Waals surface area contributed by atoms with Crippen LogP contribution in [0.1, 0.15) is 32.2 Å². The maximum absolute atomic E-state index is 12.9. The molecular weight excluding hydrogens is 414 g/mol. The molecule has 0 radical (unpaired) electrons. The molecular formula is C22H21N5O5. The summed E-state index contributed by atoms with van der Waals surface area (Å²) in [6.07, 6.45) is 0.489. The Hall–Kier alpha value is -4.18. The second kappa shape index (κ2) is 8.90. The van der Waals surface area contributed by atoms with E-state index in [2.05, 4.69) is 10.5 Å². The number of aromatic nitrogens is 1. The molecule has 0 bridgehead atoms. The molecule has 1 atom stereocenters. The molecule has 2 aromatic carbocycles. The van der Waals surface area contributed by atoms with Crippen molar-refractivity contribution in [2.45, 2.75) is 12.5 Å². The second-order valence-corrected chi connectivity index (χ2v) is 7.23. The minimum Gasteiger partial charge on any atom is -0.489 e. The Labute approximate surface area is 183 Å². The van der Waals surface area contributed by atoms with Crippen LogP contribution in [0.2, 0.25) is 0 Å². The minimum absolute atomic E-state index is 0.0649. The monoisotopic (exact) mass is 435 g/mol. The van der Waals surface area contributed by atoms with Crippen LogP contribution >= 0.6 is 0 Å². The van der Waals surface area contributed by atoms with Crippen molar-refractivity contribution in [3.63, 3.8) is 0 Å². The molecule has 4 rings (SSSR count). The van der Waals surface area contributed by atoms with Gasteiger partial charge in [-0.15, -0.1) is 0 Å². The SMILES string of the molecule is CN1C(=O)C(NC(=O)c2cc(Cc3ccccc3)on2)COc2ccc(C(=O)NN)cc21. The van der Waals surface area contributed by atoms with Crippen molar-refractivity contribution in [2.75, 3.05) is 18.6 Å². The maximum Gasteiger partial charge on any atom is 0.274 e. The molecule has 0 aliphatic carbocycles. The number of amides is 3. The van der Waals surface area contributed by atoms with E-state index in [0.29, 0.717) is 23.6 Å². The molecule has 10 heteroatoms. The Morgan fingerprint density at radius 2 is 1.94 bits per heavy atom.